The van der Waals surface area contributed by atoms with Gasteiger partial charge in [-0.2, -0.15) is 0 Å². The zero-order valence-electron chi connectivity index (χ0n) is 30.5. The van der Waals surface area contributed by atoms with E-state index in [4.69, 9.17) is 15.0 Å². The Morgan fingerprint density at radius 1 is 0.386 bits per heavy atom. The fraction of sp³-hybridized carbons (Fsp3) is 0. The zero-order valence-corrected chi connectivity index (χ0v) is 31.4. The van der Waals surface area contributed by atoms with E-state index in [0.29, 0.717) is 17.5 Å². The second-order valence-corrected chi connectivity index (χ2v) is 15.5. The van der Waals surface area contributed by atoms with Crippen molar-refractivity contribution >= 4 is 55.4 Å². The van der Waals surface area contributed by atoms with Crippen LogP contribution in [-0.2, 0) is 0 Å². The Balaban J connectivity index is 1.13. The summed E-state index contributed by atoms with van der Waals surface area (Å²) in [4.78, 5) is 18.2. The van der Waals surface area contributed by atoms with Crippen LogP contribution in [0.15, 0.2) is 198 Å². The first kappa shape index (κ1) is 32.0. The Kier molecular flexibility index (Phi) is 7.09. The number of fused-ring (bicyclic) bond motifs is 8. The van der Waals surface area contributed by atoms with Crippen molar-refractivity contribution in [2.24, 2.45) is 0 Å². The van der Waals surface area contributed by atoms with Crippen molar-refractivity contribution in [3.63, 3.8) is 0 Å². The molecule has 0 amide bonds. The van der Waals surface area contributed by atoms with E-state index in [9.17, 15) is 0 Å². The van der Waals surface area contributed by atoms with E-state index < -0.39 is 0 Å². The van der Waals surface area contributed by atoms with Gasteiger partial charge in [0.1, 0.15) is 5.65 Å². The van der Waals surface area contributed by atoms with Crippen molar-refractivity contribution in [1.29, 1.82) is 0 Å². The van der Waals surface area contributed by atoms with Gasteiger partial charge in [-0.15, -0.1) is 0 Å². The van der Waals surface area contributed by atoms with E-state index in [1.54, 1.807) is 0 Å². The molecule has 3 aromatic heterocycles. The predicted molar refractivity (Wildman–Crippen MR) is 234 cm³/mol. The van der Waals surface area contributed by atoms with E-state index in [1.165, 1.54) is 48.1 Å². The summed E-state index contributed by atoms with van der Waals surface area (Å²) in [6.07, 6.45) is 0. The average molecular weight is 746 g/mol. The Labute approximate surface area is 332 Å². The third-order valence-corrected chi connectivity index (χ3v) is 12.3. The van der Waals surface area contributed by atoms with Crippen molar-refractivity contribution in [3.8, 4) is 56.7 Å². The molecule has 0 fully saturated rings. The van der Waals surface area contributed by atoms with E-state index in [-0.39, 0.29) is 0 Å². The second-order valence-electron chi connectivity index (χ2n) is 14.4. The molecule has 0 atom stereocenters. The Bertz CT molecular complexity index is 3360. The molecule has 0 bridgehead atoms. The first-order valence-electron chi connectivity index (χ1n) is 19.1. The summed E-state index contributed by atoms with van der Waals surface area (Å²) in [6.45, 7) is 0. The lowest BCUT2D eigenvalue weighted by Gasteiger charge is -2.21. The third kappa shape index (κ3) is 4.94. The van der Waals surface area contributed by atoms with Crippen LogP contribution < -0.4 is 0 Å². The minimum atomic E-state index is 0.631. The number of hydrogen-bond donors (Lipinski definition) is 0. The summed E-state index contributed by atoms with van der Waals surface area (Å²) < 4.78 is 4.88. The minimum absolute atomic E-state index is 0.631. The highest BCUT2D eigenvalue weighted by Crippen LogP contribution is 2.50. The molecule has 0 N–H and O–H groups in total. The Morgan fingerprint density at radius 3 is 1.82 bits per heavy atom. The third-order valence-electron chi connectivity index (χ3n) is 11.2. The molecule has 57 heavy (non-hydrogen) atoms. The number of nitrogens with zero attached hydrogens (tertiary/aromatic N) is 5. The van der Waals surface area contributed by atoms with Crippen molar-refractivity contribution in [1.82, 2.24) is 24.1 Å². The summed E-state index contributed by atoms with van der Waals surface area (Å²) >= 11 is 1.84. The molecule has 11 aromatic rings. The quantitative estimate of drug-likeness (QED) is 0.176. The Hall–Kier alpha value is -7.28. The van der Waals surface area contributed by atoms with Gasteiger partial charge in [-0.25, -0.2) is 15.0 Å². The molecule has 1 aliphatic rings. The van der Waals surface area contributed by atoms with Crippen LogP contribution >= 0.6 is 11.8 Å². The van der Waals surface area contributed by atoms with E-state index in [0.717, 1.165) is 44.5 Å². The number of rotatable bonds is 5. The van der Waals surface area contributed by atoms with Crippen LogP contribution in [0.2, 0.25) is 0 Å². The lowest BCUT2D eigenvalue weighted by Crippen LogP contribution is -2.05. The van der Waals surface area contributed by atoms with Gasteiger partial charge in [0.05, 0.1) is 16.7 Å². The molecule has 8 aromatic carbocycles. The van der Waals surface area contributed by atoms with Gasteiger partial charge in [-0.3, -0.25) is 9.13 Å². The number of benzene rings is 8. The molecule has 0 aliphatic carbocycles. The van der Waals surface area contributed by atoms with Gasteiger partial charge < -0.3 is 0 Å². The number of aromatic nitrogens is 5. The van der Waals surface area contributed by atoms with Crippen LogP contribution in [0.3, 0.4) is 0 Å². The van der Waals surface area contributed by atoms with Gasteiger partial charge in [0, 0.05) is 48.3 Å². The van der Waals surface area contributed by atoms with Crippen LogP contribution in [0.5, 0.6) is 0 Å². The molecule has 5 nitrogen and oxygen atoms in total. The first-order chi connectivity index (χ1) is 28.3. The first-order valence-corrected chi connectivity index (χ1v) is 19.9. The van der Waals surface area contributed by atoms with Gasteiger partial charge in [-0.1, -0.05) is 163 Å². The molecular weight excluding hydrogens is 715 g/mol. The molecule has 1 aliphatic heterocycles. The summed E-state index contributed by atoms with van der Waals surface area (Å²) in [5.74, 6) is 1.90. The van der Waals surface area contributed by atoms with Crippen LogP contribution in [0.1, 0.15) is 0 Å². The summed E-state index contributed by atoms with van der Waals surface area (Å²) in [7, 11) is 0. The van der Waals surface area contributed by atoms with Crippen LogP contribution in [0.4, 0.5) is 0 Å². The summed E-state index contributed by atoms with van der Waals surface area (Å²) in [5.41, 5.74) is 10.9. The SMILES string of the molecule is c1ccc(-c2nc(-c3ccc(-c4cccc5ccccc45)cc3)nc(-c3cccc4c3c3c5cccc6c5n(c3n4-c3ccccc3)-c3ccccc3S6)n2)cc1. The molecule has 0 saturated heterocycles. The standard InChI is InChI=1S/C51H31N5S/c1-3-15-34(16-4-1)48-52-49(35-30-28-33(29-31-35)38-21-11-17-32-14-7-8-20-37(32)38)54-50(53-48)40-23-12-25-42-45(40)46-39-22-13-27-44-47(39)56(41-24-9-10-26-43(41)57-44)51(46)55(42)36-18-5-2-6-19-36/h1-31H. The molecule has 0 unspecified atom stereocenters. The van der Waals surface area contributed by atoms with E-state index in [1.807, 2.05) is 30.0 Å². The van der Waals surface area contributed by atoms with Gasteiger partial charge in [0.25, 0.3) is 0 Å². The van der Waals surface area contributed by atoms with Gasteiger partial charge >= 0.3 is 0 Å². The number of hydrogen-bond acceptors (Lipinski definition) is 4. The lowest BCUT2D eigenvalue weighted by molar-refractivity contribution is 1.03. The topological polar surface area (TPSA) is 48.5 Å². The van der Waals surface area contributed by atoms with Crippen molar-refractivity contribution < 1.29 is 0 Å². The van der Waals surface area contributed by atoms with Crippen LogP contribution in [0, 0.1) is 0 Å². The molecule has 12 rings (SSSR count). The van der Waals surface area contributed by atoms with Crippen LogP contribution in [0.25, 0.3) is 100 Å². The lowest BCUT2D eigenvalue weighted by atomic mass is 9.97. The smallest absolute Gasteiger partial charge is 0.164 e. The average Bonchev–Trinajstić information content (AvgIpc) is 3.81. The maximum atomic E-state index is 5.32. The molecule has 0 radical (unpaired) electrons. The van der Waals surface area contributed by atoms with Crippen molar-refractivity contribution in [2.75, 3.05) is 0 Å². The highest BCUT2D eigenvalue weighted by atomic mass is 32.2. The molecule has 4 heterocycles. The Morgan fingerprint density at radius 2 is 0.982 bits per heavy atom. The van der Waals surface area contributed by atoms with E-state index in [2.05, 4.69) is 179 Å². The molecule has 0 spiro atoms. The van der Waals surface area contributed by atoms with Gasteiger partial charge in [-0.05, 0) is 58.3 Å². The maximum Gasteiger partial charge on any atom is 0.164 e. The minimum Gasteiger partial charge on any atom is -0.295 e. The maximum absolute atomic E-state index is 5.32. The fourth-order valence-electron chi connectivity index (χ4n) is 8.66. The largest absolute Gasteiger partial charge is 0.295 e. The van der Waals surface area contributed by atoms with Crippen LogP contribution in [-0.4, -0.2) is 24.1 Å². The predicted octanol–water partition coefficient (Wildman–Crippen LogP) is 13.2. The highest BCUT2D eigenvalue weighted by Gasteiger charge is 2.29. The summed E-state index contributed by atoms with van der Waals surface area (Å²) in [5, 5.41) is 5.96. The second kappa shape index (κ2) is 12.6. The van der Waals surface area contributed by atoms with Crippen molar-refractivity contribution in [2.45, 2.75) is 9.79 Å². The van der Waals surface area contributed by atoms with E-state index >= 15 is 0 Å². The molecule has 266 valence electrons. The normalized spacial score (nSPS) is 12.1. The monoisotopic (exact) mass is 745 g/mol. The molecule has 6 heteroatoms. The van der Waals surface area contributed by atoms with Gasteiger partial charge in [0.2, 0.25) is 0 Å². The van der Waals surface area contributed by atoms with Gasteiger partial charge in [0.15, 0.2) is 17.5 Å². The summed E-state index contributed by atoms with van der Waals surface area (Å²) in [6, 6.07) is 66.5. The highest BCUT2D eigenvalue weighted by molar-refractivity contribution is 7.99. The molecule has 0 saturated carbocycles. The van der Waals surface area contributed by atoms with Crippen molar-refractivity contribution in [3.05, 3.63) is 188 Å². The molecular formula is C51H31N5S. The fourth-order valence-corrected chi connectivity index (χ4v) is 9.75. The zero-order chi connectivity index (χ0) is 37.5. The number of para-hydroxylation sites is 3.